The second-order valence-electron chi connectivity index (χ2n) is 4.19. The zero-order valence-electron chi connectivity index (χ0n) is 10.4. The summed E-state index contributed by atoms with van der Waals surface area (Å²) in [5.41, 5.74) is 4.92. The monoisotopic (exact) mass is 327 g/mol. The van der Waals surface area contributed by atoms with Gasteiger partial charge in [-0.25, -0.2) is 0 Å². The Balaban J connectivity index is 3.43. The van der Waals surface area contributed by atoms with Gasteiger partial charge in [0, 0.05) is 14.1 Å². The summed E-state index contributed by atoms with van der Waals surface area (Å²) < 4.78 is 103. The Morgan fingerprint density at radius 2 is 1.52 bits per heavy atom. The number of alkyl halides is 8. The quantitative estimate of drug-likeness (QED) is 0.593. The predicted octanol–water partition coefficient (Wildman–Crippen LogP) is 1.28. The third-order valence-electron chi connectivity index (χ3n) is 2.34. The summed E-state index contributed by atoms with van der Waals surface area (Å²) in [6, 6.07) is 0. The van der Waals surface area contributed by atoms with Crippen LogP contribution in [0.5, 0.6) is 0 Å². The Kier molecular flexibility index (Phi) is 3.77. The highest BCUT2D eigenvalue weighted by Crippen LogP contribution is 2.53. The number of rotatable bonds is 2. The van der Waals surface area contributed by atoms with Gasteiger partial charge in [-0.1, -0.05) is 0 Å². The van der Waals surface area contributed by atoms with Crippen molar-refractivity contribution in [3.63, 3.8) is 0 Å². The summed E-state index contributed by atoms with van der Waals surface area (Å²) in [5, 5.41) is 1.94. The molecule has 1 unspecified atom stereocenters. The molecular formula is C8H9F8N5. The van der Waals surface area contributed by atoms with Gasteiger partial charge in [-0.2, -0.15) is 45.1 Å². The average molecular weight is 327 g/mol. The molecule has 21 heavy (non-hydrogen) atoms. The van der Waals surface area contributed by atoms with Crippen molar-refractivity contribution in [3.05, 3.63) is 0 Å². The Hall–Kier alpha value is -1.82. The van der Waals surface area contributed by atoms with Gasteiger partial charge in [0.25, 0.3) is 0 Å². The van der Waals surface area contributed by atoms with Crippen LogP contribution in [0.1, 0.15) is 0 Å². The largest absolute Gasteiger partial charge is 0.460 e. The van der Waals surface area contributed by atoms with Crippen LogP contribution >= 0.6 is 0 Å². The predicted molar refractivity (Wildman–Crippen MR) is 55.7 cm³/mol. The number of hydrogen-bond donors (Lipinski definition) is 2. The van der Waals surface area contributed by atoms with Gasteiger partial charge in [0.2, 0.25) is 5.96 Å². The van der Waals surface area contributed by atoms with Crippen molar-refractivity contribution < 1.29 is 35.1 Å². The molecule has 1 aliphatic rings. The molecule has 0 saturated heterocycles. The summed E-state index contributed by atoms with van der Waals surface area (Å²) in [4.78, 5) is 5.58. The summed E-state index contributed by atoms with van der Waals surface area (Å²) in [7, 11) is 2.26. The molecule has 0 saturated carbocycles. The smallest absolute Gasteiger partial charge is 0.369 e. The van der Waals surface area contributed by atoms with Crippen LogP contribution in [0, 0.1) is 0 Å². The van der Waals surface area contributed by atoms with E-state index < -0.39 is 35.9 Å². The minimum Gasteiger partial charge on any atom is -0.369 e. The molecule has 3 N–H and O–H groups in total. The van der Waals surface area contributed by atoms with Gasteiger partial charge in [0.15, 0.2) is 5.96 Å². The van der Waals surface area contributed by atoms with E-state index in [4.69, 9.17) is 5.73 Å². The zero-order chi connectivity index (χ0) is 16.9. The Morgan fingerprint density at radius 1 is 1.05 bits per heavy atom. The summed E-state index contributed by atoms with van der Waals surface area (Å²) >= 11 is 0. The second kappa shape index (κ2) is 4.59. The lowest BCUT2D eigenvalue weighted by Crippen LogP contribution is -2.64. The number of guanidine groups is 2. The molecule has 1 rings (SSSR count). The maximum absolute atomic E-state index is 14.0. The fourth-order valence-electron chi connectivity index (χ4n) is 1.23. The first kappa shape index (κ1) is 17.2. The van der Waals surface area contributed by atoms with Gasteiger partial charge in [0.05, 0.1) is 0 Å². The maximum atomic E-state index is 14.0. The van der Waals surface area contributed by atoms with Crippen LogP contribution < -0.4 is 11.1 Å². The average Bonchev–Trinajstić information content (AvgIpc) is 2.25. The highest BCUT2D eigenvalue weighted by atomic mass is 19.4. The molecule has 1 atom stereocenters. The van der Waals surface area contributed by atoms with Crippen molar-refractivity contribution in [2.75, 3.05) is 14.1 Å². The number of halogens is 8. The van der Waals surface area contributed by atoms with Gasteiger partial charge < -0.3 is 10.6 Å². The molecule has 0 amide bonds. The van der Waals surface area contributed by atoms with Crippen LogP contribution in [0.3, 0.4) is 0 Å². The van der Waals surface area contributed by atoms with Crippen LogP contribution in [-0.4, -0.2) is 54.9 Å². The fraction of sp³-hybridized carbons (Fsp3) is 0.750. The van der Waals surface area contributed by atoms with E-state index in [0.29, 0.717) is 0 Å². The van der Waals surface area contributed by atoms with Crippen molar-refractivity contribution in [2.24, 2.45) is 15.7 Å². The van der Waals surface area contributed by atoms with E-state index in [0.717, 1.165) is 19.0 Å². The van der Waals surface area contributed by atoms with E-state index in [-0.39, 0.29) is 0 Å². The fourth-order valence-corrected chi connectivity index (χ4v) is 1.23. The molecule has 1 aliphatic heterocycles. The lowest BCUT2D eigenvalue weighted by Gasteiger charge is -2.36. The summed E-state index contributed by atoms with van der Waals surface area (Å²) in [5.74, 6) is -19.9. The van der Waals surface area contributed by atoms with Crippen molar-refractivity contribution >= 4 is 11.9 Å². The van der Waals surface area contributed by atoms with Crippen molar-refractivity contribution in [2.45, 2.75) is 23.9 Å². The zero-order valence-corrected chi connectivity index (χ0v) is 10.4. The first-order valence-corrected chi connectivity index (χ1v) is 5.06. The molecule has 0 aromatic carbocycles. The molecule has 1 heterocycles. The molecule has 0 spiro atoms. The maximum Gasteiger partial charge on any atom is 0.460 e. The van der Waals surface area contributed by atoms with Crippen LogP contribution in [0.4, 0.5) is 35.1 Å². The number of hydrogen-bond acceptors (Lipinski definition) is 5. The van der Waals surface area contributed by atoms with Gasteiger partial charge in [0.1, 0.15) is 0 Å². The topological polar surface area (TPSA) is 66.0 Å². The van der Waals surface area contributed by atoms with E-state index >= 15 is 0 Å². The number of nitrogens with one attached hydrogen (secondary N) is 1. The minimum atomic E-state index is -6.71. The third-order valence-corrected chi connectivity index (χ3v) is 2.34. The van der Waals surface area contributed by atoms with E-state index in [1.54, 1.807) is 0 Å². The minimum absolute atomic E-state index is 0.803. The summed E-state index contributed by atoms with van der Waals surface area (Å²) in [6.45, 7) is 0. The molecular weight excluding hydrogens is 318 g/mol. The van der Waals surface area contributed by atoms with Crippen LogP contribution in [0.15, 0.2) is 9.98 Å². The summed E-state index contributed by atoms with van der Waals surface area (Å²) in [6.07, 6.45) is -6.71. The first-order valence-electron chi connectivity index (χ1n) is 5.06. The molecule has 5 nitrogen and oxygen atoms in total. The van der Waals surface area contributed by atoms with Crippen molar-refractivity contribution in [1.82, 2.24) is 10.2 Å². The first-order chi connectivity index (χ1) is 9.16. The molecule has 13 heteroatoms. The standard InChI is InChI=1S/C8H9F8N5/c1-21(2)4-18-3(17)19-8(16,20-4)6(11,12)5(9,10)7(13,14)15/h1-2H3,(H3,17,18,19,20). The lowest BCUT2D eigenvalue weighted by atomic mass is 10.1. The van der Waals surface area contributed by atoms with E-state index in [2.05, 4.69) is 9.98 Å². The lowest BCUT2D eigenvalue weighted by molar-refractivity contribution is -0.378. The van der Waals surface area contributed by atoms with Gasteiger partial charge in [-0.05, 0) is 0 Å². The number of nitrogens with two attached hydrogens (primary N) is 1. The molecule has 0 fully saturated rings. The van der Waals surface area contributed by atoms with Crippen molar-refractivity contribution in [3.8, 4) is 0 Å². The van der Waals surface area contributed by atoms with Crippen molar-refractivity contribution in [1.29, 1.82) is 0 Å². The van der Waals surface area contributed by atoms with E-state index in [9.17, 15) is 35.1 Å². The van der Waals surface area contributed by atoms with E-state index in [1.165, 1.54) is 0 Å². The SMILES string of the molecule is CN(C)C1=NC(F)(C(F)(F)C(F)(F)C(F)(F)F)N=C(N)N1. The Bertz CT molecular complexity index is 482. The molecule has 0 aromatic heterocycles. The normalized spacial score (nSPS) is 24.1. The highest BCUT2D eigenvalue weighted by Gasteiger charge is 2.82. The van der Waals surface area contributed by atoms with Gasteiger partial charge in [-0.3, -0.25) is 5.32 Å². The van der Waals surface area contributed by atoms with Gasteiger partial charge in [-0.15, -0.1) is 0 Å². The molecule has 0 aromatic rings. The third kappa shape index (κ3) is 2.55. The molecule has 0 radical (unpaired) electrons. The molecule has 0 aliphatic carbocycles. The van der Waals surface area contributed by atoms with Gasteiger partial charge >= 0.3 is 23.9 Å². The van der Waals surface area contributed by atoms with Crippen LogP contribution in [-0.2, 0) is 0 Å². The van der Waals surface area contributed by atoms with Crippen LogP contribution in [0.2, 0.25) is 0 Å². The van der Waals surface area contributed by atoms with Crippen LogP contribution in [0.25, 0.3) is 0 Å². The second-order valence-corrected chi connectivity index (χ2v) is 4.19. The molecule has 0 bridgehead atoms. The molecule has 122 valence electrons. The Labute approximate surface area is 112 Å². The number of nitrogens with zero attached hydrogens (tertiary/aromatic N) is 3. The Morgan fingerprint density at radius 3 is 1.90 bits per heavy atom. The highest BCUT2D eigenvalue weighted by molar-refractivity contribution is 5.99. The number of aliphatic imine (C=N–C) groups is 2. The van der Waals surface area contributed by atoms with E-state index in [1.807, 2.05) is 5.32 Å².